The Kier molecular flexibility index (Phi) is 7.23. The number of benzene rings is 3. The summed E-state index contributed by atoms with van der Waals surface area (Å²) >= 11 is 9.24. The van der Waals surface area contributed by atoms with Crippen molar-refractivity contribution < 1.29 is 19.5 Å². The lowest BCUT2D eigenvalue weighted by atomic mass is 10.1. The van der Waals surface area contributed by atoms with Crippen LogP contribution in [0.15, 0.2) is 83.0 Å². The quantitative estimate of drug-likeness (QED) is 0.406. The molecule has 156 valence electrons. The van der Waals surface area contributed by atoms with Crippen LogP contribution in [-0.4, -0.2) is 22.9 Å². The molecule has 3 N–H and O–H groups in total. The van der Waals surface area contributed by atoms with Crippen molar-refractivity contribution in [3.05, 3.63) is 105 Å². The van der Waals surface area contributed by atoms with E-state index in [9.17, 15) is 14.4 Å². The third kappa shape index (κ3) is 6.04. The van der Waals surface area contributed by atoms with E-state index in [0.717, 1.165) is 0 Å². The minimum absolute atomic E-state index is 0.0243. The van der Waals surface area contributed by atoms with Gasteiger partial charge in [0.05, 0.1) is 11.1 Å². The van der Waals surface area contributed by atoms with Crippen LogP contribution in [0.2, 0.25) is 5.02 Å². The molecule has 0 aliphatic heterocycles. The molecule has 0 aliphatic carbocycles. The van der Waals surface area contributed by atoms with E-state index in [-0.39, 0.29) is 16.9 Å². The highest BCUT2D eigenvalue weighted by Gasteiger charge is 2.17. The Bertz CT molecular complexity index is 1180. The van der Waals surface area contributed by atoms with Crippen molar-refractivity contribution in [2.45, 2.75) is 0 Å². The number of anilines is 1. The lowest BCUT2D eigenvalue weighted by Gasteiger charge is -2.12. The first-order valence-corrected chi connectivity index (χ1v) is 10.2. The molecule has 3 aromatic rings. The zero-order chi connectivity index (χ0) is 22.4. The maximum atomic E-state index is 12.9. The van der Waals surface area contributed by atoms with E-state index in [2.05, 4.69) is 26.6 Å². The molecule has 0 bridgehead atoms. The van der Waals surface area contributed by atoms with E-state index in [1.165, 1.54) is 24.3 Å². The Balaban J connectivity index is 1.91. The third-order valence-corrected chi connectivity index (χ3v) is 5.10. The molecule has 0 unspecified atom stereocenters. The molecule has 8 heteroatoms. The topological polar surface area (TPSA) is 95.5 Å². The standard InChI is InChI=1S/C23H16BrClN2O4/c24-19-7-2-1-6-18(19)21(28)27-20(12-14-8-10-16(25)11-9-14)22(29)26-17-5-3-4-15(13-17)23(30)31/h1-13H,(H,26,29)(H,27,28)(H,30,31). The van der Waals surface area contributed by atoms with Gasteiger partial charge in [-0.25, -0.2) is 4.79 Å². The Morgan fingerprint density at radius 2 is 1.65 bits per heavy atom. The molecule has 0 saturated heterocycles. The molecule has 0 heterocycles. The van der Waals surface area contributed by atoms with E-state index < -0.39 is 17.8 Å². The van der Waals surface area contributed by atoms with Crippen LogP contribution in [0.4, 0.5) is 5.69 Å². The number of carboxylic acids is 1. The summed E-state index contributed by atoms with van der Waals surface area (Å²) in [5, 5.41) is 14.9. The molecule has 0 saturated carbocycles. The van der Waals surface area contributed by atoms with Crippen molar-refractivity contribution in [3.63, 3.8) is 0 Å². The fourth-order valence-corrected chi connectivity index (χ4v) is 3.24. The fraction of sp³-hybridized carbons (Fsp3) is 0. The number of nitrogens with one attached hydrogen (secondary N) is 2. The van der Waals surface area contributed by atoms with Crippen LogP contribution in [0, 0.1) is 0 Å². The van der Waals surface area contributed by atoms with Gasteiger partial charge < -0.3 is 15.7 Å². The highest BCUT2D eigenvalue weighted by Crippen LogP contribution is 2.18. The van der Waals surface area contributed by atoms with Crippen molar-refractivity contribution in [2.75, 3.05) is 5.32 Å². The smallest absolute Gasteiger partial charge is 0.335 e. The molecule has 0 atom stereocenters. The maximum absolute atomic E-state index is 12.9. The summed E-state index contributed by atoms with van der Waals surface area (Å²) in [4.78, 5) is 36.9. The number of carbonyl (C=O) groups excluding carboxylic acids is 2. The van der Waals surface area contributed by atoms with Gasteiger partial charge in [0, 0.05) is 15.2 Å². The second-order valence-corrected chi connectivity index (χ2v) is 7.67. The molecule has 2 amide bonds. The Morgan fingerprint density at radius 3 is 2.32 bits per heavy atom. The lowest BCUT2D eigenvalue weighted by molar-refractivity contribution is -0.113. The second kappa shape index (κ2) is 10.1. The molecule has 0 aromatic heterocycles. The number of carbonyl (C=O) groups is 3. The number of rotatable bonds is 6. The zero-order valence-corrected chi connectivity index (χ0v) is 18.3. The SMILES string of the molecule is O=C(Nc1cccc(C(=O)O)c1)C(=Cc1ccc(Cl)cc1)NC(=O)c1ccccc1Br. The summed E-state index contributed by atoms with van der Waals surface area (Å²) < 4.78 is 0.577. The highest BCUT2D eigenvalue weighted by atomic mass is 79.9. The van der Waals surface area contributed by atoms with E-state index in [1.807, 2.05) is 0 Å². The number of halogens is 2. The van der Waals surface area contributed by atoms with E-state index >= 15 is 0 Å². The number of aromatic carboxylic acids is 1. The van der Waals surface area contributed by atoms with Crippen molar-refractivity contribution in [2.24, 2.45) is 0 Å². The number of carboxylic acid groups (broad SMARTS) is 1. The normalized spacial score (nSPS) is 11.0. The predicted molar refractivity (Wildman–Crippen MR) is 123 cm³/mol. The average Bonchev–Trinajstić information content (AvgIpc) is 2.75. The van der Waals surface area contributed by atoms with Crippen LogP contribution in [-0.2, 0) is 4.79 Å². The second-order valence-electron chi connectivity index (χ2n) is 6.38. The van der Waals surface area contributed by atoms with Crippen molar-refractivity contribution >= 4 is 57.1 Å². The van der Waals surface area contributed by atoms with E-state index in [0.29, 0.717) is 20.6 Å². The Labute approximate surface area is 191 Å². The molecular weight excluding hydrogens is 484 g/mol. The first-order chi connectivity index (χ1) is 14.8. The number of hydrogen-bond donors (Lipinski definition) is 3. The predicted octanol–water partition coefficient (Wildman–Crippen LogP) is 5.21. The minimum Gasteiger partial charge on any atom is -0.478 e. The van der Waals surface area contributed by atoms with E-state index in [4.69, 9.17) is 16.7 Å². The summed E-state index contributed by atoms with van der Waals surface area (Å²) in [7, 11) is 0. The summed E-state index contributed by atoms with van der Waals surface area (Å²) in [5.41, 5.74) is 1.27. The largest absolute Gasteiger partial charge is 0.478 e. The molecule has 31 heavy (non-hydrogen) atoms. The van der Waals surface area contributed by atoms with Gasteiger partial charge in [-0.3, -0.25) is 9.59 Å². The van der Waals surface area contributed by atoms with Crippen LogP contribution >= 0.6 is 27.5 Å². The fourth-order valence-electron chi connectivity index (χ4n) is 2.65. The monoisotopic (exact) mass is 498 g/mol. The molecule has 3 aromatic carbocycles. The van der Waals surface area contributed by atoms with E-state index in [1.54, 1.807) is 54.6 Å². The minimum atomic E-state index is -1.12. The van der Waals surface area contributed by atoms with Crippen molar-refractivity contribution in [1.29, 1.82) is 0 Å². The first-order valence-electron chi connectivity index (χ1n) is 9.01. The van der Waals surface area contributed by atoms with Gasteiger partial charge in [0.2, 0.25) is 0 Å². The van der Waals surface area contributed by atoms with Gasteiger partial charge >= 0.3 is 5.97 Å². The van der Waals surface area contributed by atoms with Gasteiger partial charge in [-0.15, -0.1) is 0 Å². The molecule has 6 nitrogen and oxygen atoms in total. The third-order valence-electron chi connectivity index (χ3n) is 4.16. The molecule has 0 radical (unpaired) electrons. The molecule has 0 spiro atoms. The Hall–Kier alpha value is -3.42. The van der Waals surface area contributed by atoms with Gasteiger partial charge in [-0.2, -0.15) is 0 Å². The van der Waals surface area contributed by atoms with Crippen LogP contribution in [0.3, 0.4) is 0 Å². The number of hydrogen-bond acceptors (Lipinski definition) is 3. The van der Waals surface area contributed by atoms with Crippen LogP contribution < -0.4 is 10.6 Å². The molecule has 3 rings (SSSR count). The molecule has 0 aliphatic rings. The maximum Gasteiger partial charge on any atom is 0.335 e. The average molecular weight is 500 g/mol. The van der Waals surface area contributed by atoms with Crippen molar-refractivity contribution in [3.8, 4) is 0 Å². The zero-order valence-electron chi connectivity index (χ0n) is 15.9. The van der Waals surface area contributed by atoms with Crippen LogP contribution in [0.25, 0.3) is 6.08 Å². The highest BCUT2D eigenvalue weighted by molar-refractivity contribution is 9.10. The first kappa shape index (κ1) is 22.3. The molecular formula is C23H16BrClN2O4. The summed E-state index contributed by atoms with van der Waals surface area (Å²) in [6, 6.07) is 19.4. The molecule has 0 fully saturated rings. The van der Waals surface area contributed by atoms with Gasteiger partial charge in [0.25, 0.3) is 11.8 Å². The van der Waals surface area contributed by atoms with Crippen molar-refractivity contribution in [1.82, 2.24) is 5.32 Å². The Morgan fingerprint density at radius 1 is 0.935 bits per heavy atom. The van der Waals surface area contributed by atoms with Gasteiger partial charge in [0.15, 0.2) is 0 Å². The summed E-state index contributed by atoms with van der Waals surface area (Å²) in [6.07, 6.45) is 1.50. The van der Waals surface area contributed by atoms with Gasteiger partial charge in [-0.05, 0) is 70.0 Å². The van der Waals surface area contributed by atoms with Gasteiger partial charge in [-0.1, -0.05) is 41.9 Å². The van der Waals surface area contributed by atoms with Crippen LogP contribution in [0.5, 0.6) is 0 Å². The lowest BCUT2D eigenvalue weighted by Crippen LogP contribution is -2.31. The summed E-state index contributed by atoms with van der Waals surface area (Å²) in [6.45, 7) is 0. The summed E-state index contributed by atoms with van der Waals surface area (Å²) in [5.74, 6) is -2.21. The van der Waals surface area contributed by atoms with Gasteiger partial charge in [0.1, 0.15) is 5.70 Å². The number of amides is 2. The van der Waals surface area contributed by atoms with Crippen LogP contribution in [0.1, 0.15) is 26.3 Å².